The van der Waals surface area contributed by atoms with Gasteiger partial charge < -0.3 is 24.5 Å². The molecule has 138 valence electrons. The van der Waals surface area contributed by atoms with E-state index < -0.39 is 0 Å². The fourth-order valence-corrected chi connectivity index (χ4v) is 3.16. The molecule has 1 saturated heterocycles. The van der Waals surface area contributed by atoms with Crippen LogP contribution in [0.1, 0.15) is 18.7 Å². The zero-order valence-electron chi connectivity index (χ0n) is 14.1. The number of nitrogens with zero attached hydrogens (tertiary/aromatic N) is 2. The Morgan fingerprint density at radius 1 is 1.24 bits per heavy atom. The topological polar surface area (TPSA) is 92.6 Å². The van der Waals surface area contributed by atoms with E-state index in [1.165, 1.54) is 7.11 Å². The van der Waals surface area contributed by atoms with E-state index in [1.54, 1.807) is 19.2 Å². The van der Waals surface area contributed by atoms with Crippen LogP contribution in [-0.4, -0.2) is 44.1 Å². The van der Waals surface area contributed by atoms with Gasteiger partial charge in [-0.3, -0.25) is 0 Å². The van der Waals surface area contributed by atoms with E-state index in [0.717, 1.165) is 12.8 Å². The fraction of sp³-hybridized carbons (Fsp3) is 0.500. The normalized spacial score (nSPS) is 16.2. The Balaban J connectivity index is 0.00000225. The van der Waals surface area contributed by atoms with Crippen LogP contribution in [0.5, 0.6) is 11.5 Å². The third kappa shape index (κ3) is 3.69. The second kappa shape index (κ2) is 8.23. The number of halogens is 2. The quantitative estimate of drug-likeness (QED) is 0.839. The van der Waals surface area contributed by atoms with Crippen molar-refractivity contribution in [1.82, 2.24) is 10.1 Å². The molecule has 0 bridgehead atoms. The molecular formula is C16H21Cl2N3O4. The summed E-state index contributed by atoms with van der Waals surface area (Å²) in [6.07, 6.45) is 1.52. The predicted molar refractivity (Wildman–Crippen MR) is 95.9 cm³/mol. The molecule has 1 aromatic carbocycles. The standard InChI is InChI=1S/C16H20ClN3O4.ClH/c1-21-12-8-10(7-11(17)13(12)22-2)14-19-15(24-20-14)16(9-18)3-5-23-6-4-16;/h7-8H,3-6,9,18H2,1-2H3;1H. The van der Waals surface area contributed by atoms with Crippen LogP contribution in [0.25, 0.3) is 11.4 Å². The van der Waals surface area contributed by atoms with E-state index in [9.17, 15) is 0 Å². The first-order valence-electron chi connectivity index (χ1n) is 7.67. The van der Waals surface area contributed by atoms with Gasteiger partial charge in [0, 0.05) is 25.3 Å². The Hall–Kier alpha value is -1.54. The van der Waals surface area contributed by atoms with Crippen LogP contribution in [0.3, 0.4) is 0 Å². The van der Waals surface area contributed by atoms with Gasteiger partial charge >= 0.3 is 0 Å². The third-order valence-corrected chi connectivity index (χ3v) is 4.69. The third-order valence-electron chi connectivity index (χ3n) is 4.41. The van der Waals surface area contributed by atoms with Crippen LogP contribution in [0.15, 0.2) is 16.7 Å². The average Bonchev–Trinajstić information content (AvgIpc) is 3.12. The van der Waals surface area contributed by atoms with Gasteiger partial charge in [0.2, 0.25) is 11.7 Å². The summed E-state index contributed by atoms with van der Waals surface area (Å²) in [6, 6.07) is 3.48. The Kier molecular flexibility index (Phi) is 6.51. The number of hydrogen-bond acceptors (Lipinski definition) is 7. The van der Waals surface area contributed by atoms with E-state index >= 15 is 0 Å². The summed E-state index contributed by atoms with van der Waals surface area (Å²) in [4.78, 5) is 4.55. The minimum atomic E-state index is -0.330. The molecule has 0 unspecified atom stereocenters. The first kappa shape index (κ1) is 19.8. The van der Waals surface area contributed by atoms with E-state index in [-0.39, 0.29) is 17.8 Å². The molecule has 1 fully saturated rings. The van der Waals surface area contributed by atoms with Crippen molar-refractivity contribution in [1.29, 1.82) is 0 Å². The van der Waals surface area contributed by atoms with Crippen LogP contribution >= 0.6 is 24.0 Å². The number of methoxy groups -OCH3 is 2. The molecule has 0 radical (unpaired) electrons. The summed E-state index contributed by atoms with van der Waals surface area (Å²) in [7, 11) is 3.08. The Morgan fingerprint density at radius 3 is 2.56 bits per heavy atom. The minimum absolute atomic E-state index is 0. The molecule has 25 heavy (non-hydrogen) atoms. The maximum Gasteiger partial charge on any atom is 0.234 e. The molecule has 2 heterocycles. The lowest BCUT2D eigenvalue weighted by Gasteiger charge is -2.32. The molecule has 0 spiro atoms. The molecular weight excluding hydrogens is 369 g/mol. The van der Waals surface area contributed by atoms with Crippen molar-refractivity contribution >= 4 is 24.0 Å². The molecule has 2 N–H and O–H groups in total. The molecule has 2 aromatic rings. The molecule has 1 aliphatic heterocycles. The maximum atomic E-state index is 6.25. The lowest BCUT2D eigenvalue weighted by Crippen LogP contribution is -2.40. The van der Waals surface area contributed by atoms with Crippen LogP contribution in [0.2, 0.25) is 5.02 Å². The van der Waals surface area contributed by atoms with Crippen molar-refractivity contribution in [2.24, 2.45) is 5.73 Å². The molecule has 7 nitrogen and oxygen atoms in total. The molecule has 9 heteroatoms. The molecule has 0 atom stereocenters. The highest BCUT2D eigenvalue weighted by atomic mass is 35.5. The summed E-state index contributed by atoms with van der Waals surface area (Å²) >= 11 is 6.25. The van der Waals surface area contributed by atoms with Crippen molar-refractivity contribution in [3.05, 3.63) is 23.0 Å². The summed E-state index contributed by atoms with van der Waals surface area (Å²) in [6.45, 7) is 1.71. The molecule has 0 amide bonds. The van der Waals surface area contributed by atoms with Gasteiger partial charge in [-0.1, -0.05) is 16.8 Å². The smallest absolute Gasteiger partial charge is 0.234 e. The highest BCUT2D eigenvalue weighted by molar-refractivity contribution is 6.32. The number of aromatic nitrogens is 2. The lowest BCUT2D eigenvalue weighted by atomic mass is 9.80. The van der Waals surface area contributed by atoms with Gasteiger partial charge in [0.25, 0.3) is 0 Å². The predicted octanol–water partition coefficient (Wildman–Crippen LogP) is 2.84. The van der Waals surface area contributed by atoms with E-state index in [2.05, 4.69) is 10.1 Å². The molecule has 1 aliphatic rings. The van der Waals surface area contributed by atoms with Crippen LogP contribution in [-0.2, 0) is 10.2 Å². The molecule has 3 rings (SSSR count). The zero-order valence-corrected chi connectivity index (χ0v) is 15.7. The molecule has 0 aliphatic carbocycles. The summed E-state index contributed by atoms with van der Waals surface area (Å²) in [5.74, 6) is 1.95. The SMILES string of the molecule is COc1cc(-c2noc(C3(CN)CCOCC3)n2)cc(Cl)c1OC.Cl. The van der Waals surface area contributed by atoms with E-state index in [1.807, 2.05) is 0 Å². The van der Waals surface area contributed by atoms with Crippen molar-refractivity contribution in [3.8, 4) is 22.9 Å². The van der Waals surface area contributed by atoms with Gasteiger partial charge in [0.15, 0.2) is 11.5 Å². The van der Waals surface area contributed by atoms with Crippen molar-refractivity contribution in [3.63, 3.8) is 0 Å². The van der Waals surface area contributed by atoms with Gasteiger partial charge in [-0.15, -0.1) is 12.4 Å². The zero-order chi connectivity index (χ0) is 17.2. The summed E-state index contributed by atoms with van der Waals surface area (Å²) in [5.41, 5.74) is 6.34. The lowest BCUT2D eigenvalue weighted by molar-refractivity contribution is 0.0409. The number of rotatable bonds is 5. The summed E-state index contributed by atoms with van der Waals surface area (Å²) in [5, 5.41) is 4.50. The Morgan fingerprint density at radius 2 is 1.96 bits per heavy atom. The molecule has 1 aromatic heterocycles. The average molecular weight is 390 g/mol. The first-order chi connectivity index (χ1) is 11.6. The largest absolute Gasteiger partial charge is 0.493 e. The highest BCUT2D eigenvalue weighted by Crippen LogP contribution is 2.39. The fourth-order valence-electron chi connectivity index (χ4n) is 2.87. The minimum Gasteiger partial charge on any atom is -0.493 e. The number of benzene rings is 1. The van der Waals surface area contributed by atoms with Crippen molar-refractivity contribution in [2.45, 2.75) is 18.3 Å². The van der Waals surface area contributed by atoms with Gasteiger partial charge in [-0.05, 0) is 25.0 Å². The van der Waals surface area contributed by atoms with E-state index in [0.29, 0.717) is 53.6 Å². The van der Waals surface area contributed by atoms with Crippen molar-refractivity contribution < 1.29 is 18.7 Å². The van der Waals surface area contributed by atoms with Gasteiger partial charge in [-0.2, -0.15) is 4.98 Å². The van der Waals surface area contributed by atoms with Gasteiger partial charge in [0.05, 0.1) is 24.7 Å². The second-order valence-corrected chi connectivity index (χ2v) is 6.12. The second-order valence-electron chi connectivity index (χ2n) is 5.71. The monoisotopic (exact) mass is 389 g/mol. The van der Waals surface area contributed by atoms with Crippen LogP contribution < -0.4 is 15.2 Å². The van der Waals surface area contributed by atoms with E-state index in [4.69, 9.17) is 36.1 Å². The number of ether oxygens (including phenoxy) is 3. The van der Waals surface area contributed by atoms with Crippen LogP contribution in [0, 0.1) is 0 Å². The van der Waals surface area contributed by atoms with Crippen LogP contribution in [0.4, 0.5) is 0 Å². The highest BCUT2D eigenvalue weighted by Gasteiger charge is 2.38. The number of nitrogens with two attached hydrogens (primary N) is 1. The molecule has 0 saturated carbocycles. The van der Waals surface area contributed by atoms with Crippen molar-refractivity contribution in [2.75, 3.05) is 34.0 Å². The number of hydrogen-bond donors (Lipinski definition) is 1. The van der Waals surface area contributed by atoms with Gasteiger partial charge in [0.1, 0.15) is 0 Å². The summed E-state index contributed by atoms with van der Waals surface area (Å²) < 4.78 is 21.5. The maximum absolute atomic E-state index is 6.25. The van der Waals surface area contributed by atoms with Gasteiger partial charge in [-0.25, -0.2) is 0 Å². The Bertz CT molecular complexity index is 717. The Labute approximate surface area is 157 Å². The first-order valence-corrected chi connectivity index (χ1v) is 8.05.